The van der Waals surface area contributed by atoms with Gasteiger partial charge in [-0.15, -0.1) is 6.58 Å². The van der Waals surface area contributed by atoms with E-state index in [9.17, 15) is 9.59 Å². The molecule has 0 spiro atoms. The smallest absolute Gasteiger partial charge is 0.326 e. The molecule has 0 radical (unpaired) electrons. The molecule has 7 heteroatoms. The predicted molar refractivity (Wildman–Crippen MR) is 84.4 cm³/mol. The number of aryl methyl sites for hydroxylation is 1. The lowest BCUT2D eigenvalue weighted by Gasteiger charge is -2.15. The zero-order valence-electron chi connectivity index (χ0n) is 12.8. The van der Waals surface area contributed by atoms with E-state index in [0.717, 1.165) is 11.3 Å². The summed E-state index contributed by atoms with van der Waals surface area (Å²) in [5.41, 5.74) is 1.93. The average molecular weight is 314 g/mol. The van der Waals surface area contributed by atoms with Crippen molar-refractivity contribution in [1.29, 1.82) is 0 Å². The number of rotatable bonds is 7. The minimum atomic E-state index is -1.06. The maximum atomic E-state index is 12.3. The summed E-state index contributed by atoms with van der Waals surface area (Å²) in [7, 11) is 0. The van der Waals surface area contributed by atoms with Gasteiger partial charge in [0.2, 0.25) is 0 Å². The quantitative estimate of drug-likeness (QED) is 0.759. The molecule has 0 fully saturated rings. The standard InChI is InChI=1S/C16H18N4O3/c1-3-4-5-14(16(22)23)19-15(21)13-7-6-12(8-11(13)2)20-10-17-9-18-20/h3,6-10,14H,1,4-5H2,2H3,(H,19,21)(H,22,23). The number of allylic oxidation sites excluding steroid dienone is 1. The van der Waals surface area contributed by atoms with E-state index in [4.69, 9.17) is 5.11 Å². The lowest BCUT2D eigenvalue weighted by atomic mass is 10.1. The van der Waals surface area contributed by atoms with Crippen LogP contribution in [0.15, 0.2) is 43.5 Å². The van der Waals surface area contributed by atoms with Crippen molar-refractivity contribution in [2.75, 3.05) is 0 Å². The first-order chi connectivity index (χ1) is 11.0. The summed E-state index contributed by atoms with van der Waals surface area (Å²) in [5.74, 6) is -1.47. The van der Waals surface area contributed by atoms with Crippen LogP contribution in [0.5, 0.6) is 0 Å². The molecule has 1 atom stereocenters. The van der Waals surface area contributed by atoms with E-state index in [1.807, 2.05) is 0 Å². The summed E-state index contributed by atoms with van der Waals surface area (Å²) in [6.45, 7) is 5.35. The van der Waals surface area contributed by atoms with Gasteiger partial charge in [0.15, 0.2) is 0 Å². The highest BCUT2D eigenvalue weighted by Gasteiger charge is 2.20. The van der Waals surface area contributed by atoms with Gasteiger partial charge in [0, 0.05) is 5.56 Å². The molecule has 0 aliphatic heterocycles. The molecule has 1 unspecified atom stereocenters. The third kappa shape index (κ3) is 4.03. The highest BCUT2D eigenvalue weighted by Crippen LogP contribution is 2.14. The molecule has 120 valence electrons. The molecule has 2 N–H and O–H groups in total. The van der Waals surface area contributed by atoms with Gasteiger partial charge in [-0.2, -0.15) is 5.10 Å². The average Bonchev–Trinajstić information content (AvgIpc) is 3.05. The molecule has 0 bridgehead atoms. The van der Waals surface area contributed by atoms with E-state index in [1.54, 1.807) is 42.2 Å². The molecule has 0 saturated heterocycles. The third-order valence-electron chi connectivity index (χ3n) is 3.40. The first-order valence-corrected chi connectivity index (χ1v) is 7.13. The second kappa shape index (κ2) is 7.35. The minimum absolute atomic E-state index is 0.306. The van der Waals surface area contributed by atoms with Crippen LogP contribution in [0.4, 0.5) is 0 Å². The zero-order chi connectivity index (χ0) is 16.8. The van der Waals surface area contributed by atoms with Crippen LogP contribution in [0.2, 0.25) is 0 Å². The topological polar surface area (TPSA) is 97.1 Å². The van der Waals surface area contributed by atoms with Crippen molar-refractivity contribution in [2.24, 2.45) is 0 Å². The lowest BCUT2D eigenvalue weighted by molar-refractivity contribution is -0.139. The molecule has 2 rings (SSSR count). The summed E-state index contributed by atoms with van der Waals surface area (Å²) in [5, 5.41) is 15.7. The van der Waals surface area contributed by atoms with Crippen LogP contribution >= 0.6 is 0 Å². The van der Waals surface area contributed by atoms with Crippen LogP contribution in [0.25, 0.3) is 5.69 Å². The van der Waals surface area contributed by atoms with Crippen LogP contribution in [0, 0.1) is 6.92 Å². The van der Waals surface area contributed by atoms with E-state index in [-0.39, 0.29) is 0 Å². The van der Waals surface area contributed by atoms with Gasteiger partial charge in [-0.3, -0.25) is 4.79 Å². The van der Waals surface area contributed by atoms with Crippen molar-refractivity contribution in [2.45, 2.75) is 25.8 Å². The van der Waals surface area contributed by atoms with Crippen molar-refractivity contribution in [3.63, 3.8) is 0 Å². The monoisotopic (exact) mass is 314 g/mol. The van der Waals surface area contributed by atoms with Crippen LogP contribution in [0.1, 0.15) is 28.8 Å². The number of nitrogens with zero attached hydrogens (tertiary/aromatic N) is 3. The van der Waals surface area contributed by atoms with Crippen LogP contribution < -0.4 is 5.32 Å². The molecule has 1 amide bonds. The van der Waals surface area contributed by atoms with E-state index in [1.165, 1.54) is 6.33 Å². The second-order valence-electron chi connectivity index (χ2n) is 5.07. The fraction of sp³-hybridized carbons (Fsp3) is 0.250. The van der Waals surface area contributed by atoms with Crippen molar-refractivity contribution < 1.29 is 14.7 Å². The Morgan fingerprint density at radius 1 is 1.48 bits per heavy atom. The normalized spacial score (nSPS) is 11.7. The zero-order valence-corrected chi connectivity index (χ0v) is 12.8. The molecule has 1 aromatic heterocycles. The number of aromatic nitrogens is 3. The van der Waals surface area contributed by atoms with Crippen molar-refractivity contribution in [1.82, 2.24) is 20.1 Å². The fourth-order valence-electron chi connectivity index (χ4n) is 2.16. The molecule has 0 saturated carbocycles. The van der Waals surface area contributed by atoms with E-state index >= 15 is 0 Å². The SMILES string of the molecule is C=CCCC(NC(=O)c1ccc(-n2cncn2)cc1C)C(=O)O. The maximum Gasteiger partial charge on any atom is 0.326 e. The number of amides is 1. The Morgan fingerprint density at radius 2 is 2.26 bits per heavy atom. The highest BCUT2D eigenvalue weighted by atomic mass is 16.4. The van der Waals surface area contributed by atoms with Gasteiger partial charge < -0.3 is 10.4 Å². The first-order valence-electron chi connectivity index (χ1n) is 7.13. The molecular weight excluding hydrogens is 296 g/mol. The van der Waals surface area contributed by atoms with Crippen LogP contribution in [0.3, 0.4) is 0 Å². The number of aliphatic carboxylic acids is 1. The number of carbonyl (C=O) groups is 2. The Balaban J connectivity index is 2.15. The van der Waals surface area contributed by atoms with Crippen LogP contribution in [-0.2, 0) is 4.79 Å². The van der Waals surface area contributed by atoms with E-state index in [0.29, 0.717) is 18.4 Å². The van der Waals surface area contributed by atoms with Gasteiger partial charge in [-0.25, -0.2) is 14.5 Å². The number of hydrogen-bond donors (Lipinski definition) is 2. The summed E-state index contributed by atoms with van der Waals surface area (Å²) in [6, 6.07) is 4.24. The summed E-state index contributed by atoms with van der Waals surface area (Å²) in [6.07, 6.45) is 5.43. The molecule has 0 aliphatic rings. The minimum Gasteiger partial charge on any atom is -0.480 e. The molecule has 2 aromatic rings. The van der Waals surface area contributed by atoms with Gasteiger partial charge >= 0.3 is 5.97 Å². The van der Waals surface area contributed by atoms with E-state index in [2.05, 4.69) is 22.0 Å². The van der Waals surface area contributed by atoms with Gasteiger partial charge in [-0.05, 0) is 43.5 Å². The Labute approximate surface area is 133 Å². The summed E-state index contributed by atoms with van der Waals surface area (Å²) < 4.78 is 1.58. The highest BCUT2D eigenvalue weighted by molar-refractivity contribution is 5.98. The van der Waals surface area contributed by atoms with Crippen molar-refractivity contribution >= 4 is 11.9 Å². The molecule has 0 aliphatic carbocycles. The number of carbonyl (C=O) groups excluding carboxylic acids is 1. The number of carboxylic acid groups (broad SMARTS) is 1. The molecule has 7 nitrogen and oxygen atoms in total. The summed E-state index contributed by atoms with van der Waals surface area (Å²) >= 11 is 0. The largest absolute Gasteiger partial charge is 0.480 e. The van der Waals surface area contributed by atoms with Crippen molar-refractivity contribution in [3.05, 3.63) is 54.6 Å². The van der Waals surface area contributed by atoms with Crippen LogP contribution in [-0.4, -0.2) is 37.8 Å². The Bertz CT molecular complexity index is 710. The number of benzene rings is 1. The second-order valence-corrected chi connectivity index (χ2v) is 5.07. The molecule has 1 aromatic carbocycles. The van der Waals surface area contributed by atoms with Crippen molar-refractivity contribution in [3.8, 4) is 5.69 Å². The van der Waals surface area contributed by atoms with Gasteiger partial charge in [0.05, 0.1) is 5.69 Å². The lowest BCUT2D eigenvalue weighted by Crippen LogP contribution is -2.40. The van der Waals surface area contributed by atoms with Gasteiger partial charge in [0.1, 0.15) is 18.7 Å². The fourth-order valence-corrected chi connectivity index (χ4v) is 2.16. The molecular formula is C16H18N4O3. The first kappa shape index (κ1) is 16.4. The summed E-state index contributed by atoms with van der Waals surface area (Å²) in [4.78, 5) is 27.4. The number of hydrogen-bond acceptors (Lipinski definition) is 4. The van der Waals surface area contributed by atoms with E-state index < -0.39 is 17.9 Å². The Kier molecular flexibility index (Phi) is 5.24. The maximum absolute atomic E-state index is 12.3. The Hall–Kier alpha value is -2.96. The Morgan fingerprint density at radius 3 is 2.83 bits per heavy atom. The van der Waals surface area contributed by atoms with Gasteiger partial charge in [-0.1, -0.05) is 6.08 Å². The molecule has 23 heavy (non-hydrogen) atoms. The number of nitrogens with one attached hydrogen (secondary N) is 1. The number of carboxylic acids is 1. The molecule has 1 heterocycles. The third-order valence-corrected chi connectivity index (χ3v) is 3.40. The predicted octanol–water partition coefficient (Wildman–Crippen LogP) is 1.72. The van der Waals surface area contributed by atoms with Gasteiger partial charge in [0.25, 0.3) is 5.91 Å².